The second-order valence-electron chi connectivity index (χ2n) is 3.40. The van der Waals surface area contributed by atoms with Gasteiger partial charge < -0.3 is 0 Å². The summed E-state index contributed by atoms with van der Waals surface area (Å²) < 4.78 is 0. The van der Waals surface area contributed by atoms with Crippen molar-refractivity contribution in [3.05, 3.63) is 71.3 Å². The quantitative estimate of drug-likeness (QED) is 0.717. The van der Waals surface area contributed by atoms with Crippen LogP contribution in [0.4, 0.5) is 0 Å². The molecule has 0 radical (unpaired) electrons. The van der Waals surface area contributed by atoms with Crippen molar-refractivity contribution in [3.8, 4) is 6.07 Å². The summed E-state index contributed by atoms with van der Waals surface area (Å²) in [6, 6.07) is 19.7. The largest absolute Gasteiger partial charge is 0.192 e. The Morgan fingerprint density at radius 2 is 1.56 bits per heavy atom. The molecule has 0 spiro atoms. The van der Waals surface area contributed by atoms with Gasteiger partial charge in [0.2, 0.25) is 0 Å². The van der Waals surface area contributed by atoms with E-state index in [1.54, 1.807) is 0 Å². The lowest BCUT2D eigenvalue weighted by Gasteiger charge is -2.06. The van der Waals surface area contributed by atoms with Crippen LogP contribution in [0.1, 0.15) is 16.7 Å². The highest BCUT2D eigenvalue weighted by Gasteiger charge is 2.06. The summed E-state index contributed by atoms with van der Waals surface area (Å²) in [5.41, 5.74) is 2.67. The lowest BCUT2D eigenvalue weighted by molar-refractivity contribution is 1.47. The molecule has 2 aromatic rings. The second-order valence-corrected chi connectivity index (χ2v) is 3.90. The topological polar surface area (TPSA) is 23.8 Å². The van der Waals surface area contributed by atoms with E-state index in [1.807, 2.05) is 54.6 Å². The first-order valence-corrected chi connectivity index (χ1v) is 5.46. The van der Waals surface area contributed by atoms with Gasteiger partial charge in [0, 0.05) is 10.9 Å². The molecule has 0 N–H and O–H groups in total. The molecule has 1 nitrogen and oxygen atoms in total. The van der Waals surface area contributed by atoms with Crippen LogP contribution in [0.25, 0.3) is 0 Å². The van der Waals surface area contributed by atoms with Crippen molar-refractivity contribution in [2.75, 3.05) is 0 Å². The van der Waals surface area contributed by atoms with Gasteiger partial charge in [0.05, 0.1) is 11.6 Å². The lowest BCUT2D eigenvalue weighted by Crippen LogP contribution is -2.01. The molecule has 2 heteroatoms. The molecular formula is C14H10NP. The zero-order valence-electron chi connectivity index (χ0n) is 8.64. The maximum Gasteiger partial charge on any atom is 0.0998 e. The Morgan fingerprint density at radius 3 is 2.25 bits per heavy atom. The summed E-state index contributed by atoms with van der Waals surface area (Å²) >= 11 is 0. The molecule has 0 unspecified atom stereocenters. The number of hydrogen-bond acceptors (Lipinski definition) is 1. The van der Waals surface area contributed by atoms with Crippen molar-refractivity contribution in [1.29, 1.82) is 5.26 Å². The molecule has 0 fully saturated rings. The lowest BCUT2D eigenvalue weighted by atomic mass is 10.0. The molecule has 16 heavy (non-hydrogen) atoms. The fraction of sp³-hybridized carbons (Fsp3) is 0. The first-order valence-electron chi connectivity index (χ1n) is 4.96. The minimum absolute atomic E-state index is 0.677. The third-order valence-corrected chi connectivity index (χ3v) is 2.94. The predicted molar refractivity (Wildman–Crippen MR) is 69.1 cm³/mol. The van der Waals surface area contributed by atoms with Gasteiger partial charge in [-0.05, 0) is 11.6 Å². The summed E-state index contributed by atoms with van der Waals surface area (Å²) in [6.07, 6.45) is 0. The molecule has 0 bridgehead atoms. The van der Waals surface area contributed by atoms with Gasteiger partial charge in [-0.15, -0.1) is 8.86 Å². The van der Waals surface area contributed by atoms with Crippen molar-refractivity contribution in [2.24, 2.45) is 0 Å². The number of hydrogen-bond donors (Lipinski definition) is 0. The van der Waals surface area contributed by atoms with Crippen molar-refractivity contribution in [2.45, 2.75) is 0 Å². The maximum atomic E-state index is 9.03. The van der Waals surface area contributed by atoms with E-state index in [0.717, 1.165) is 16.4 Å². The molecular weight excluding hydrogens is 213 g/mol. The number of benzene rings is 2. The van der Waals surface area contributed by atoms with Crippen LogP contribution in [0.5, 0.6) is 0 Å². The Bertz CT molecular complexity index is 552. The highest BCUT2D eigenvalue weighted by Crippen LogP contribution is 2.15. The van der Waals surface area contributed by atoms with E-state index < -0.39 is 0 Å². The van der Waals surface area contributed by atoms with Crippen LogP contribution in [-0.4, -0.2) is 5.29 Å². The highest BCUT2D eigenvalue weighted by molar-refractivity contribution is 7.23. The summed E-state index contributed by atoms with van der Waals surface area (Å²) in [6.45, 7) is 0. The average molecular weight is 223 g/mol. The predicted octanol–water partition coefficient (Wildman–Crippen LogP) is 3.27. The van der Waals surface area contributed by atoms with Gasteiger partial charge in [-0.2, -0.15) is 5.26 Å². The van der Waals surface area contributed by atoms with Gasteiger partial charge in [0.25, 0.3) is 0 Å². The highest BCUT2D eigenvalue weighted by atomic mass is 31.0. The van der Waals surface area contributed by atoms with Crippen molar-refractivity contribution in [3.63, 3.8) is 0 Å². The van der Waals surface area contributed by atoms with Gasteiger partial charge in [-0.3, -0.25) is 0 Å². The number of nitriles is 1. The van der Waals surface area contributed by atoms with Crippen LogP contribution in [-0.2, 0) is 0 Å². The fourth-order valence-electron chi connectivity index (χ4n) is 1.56. The van der Waals surface area contributed by atoms with Gasteiger partial charge in [0.1, 0.15) is 0 Å². The van der Waals surface area contributed by atoms with Crippen LogP contribution in [0.2, 0.25) is 0 Å². The fourth-order valence-corrected chi connectivity index (χ4v) is 1.94. The summed E-state index contributed by atoms with van der Waals surface area (Å²) in [7, 11) is 3.61. The Balaban J connectivity index is 2.47. The molecule has 0 aliphatic rings. The van der Waals surface area contributed by atoms with Crippen LogP contribution in [0.15, 0.2) is 54.6 Å². The van der Waals surface area contributed by atoms with Gasteiger partial charge in [0.15, 0.2) is 0 Å². The zero-order valence-corrected chi connectivity index (χ0v) is 9.64. The Hall–Kier alpha value is -1.90. The van der Waals surface area contributed by atoms with Crippen molar-refractivity contribution >= 4 is 14.2 Å². The first-order chi connectivity index (χ1) is 7.83. The second kappa shape index (κ2) is 4.75. The Kier molecular flexibility index (Phi) is 3.15. The number of rotatable bonds is 2. The molecule has 0 atom stereocenters. The first kappa shape index (κ1) is 10.6. The Morgan fingerprint density at radius 1 is 0.938 bits per heavy atom. The van der Waals surface area contributed by atoms with E-state index >= 15 is 0 Å². The summed E-state index contributed by atoms with van der Waals surface area (Å²) in [4.78, 5) is 0. The minimum Gasteiger partial charge on any atom is -0.192 e. The van der Waals surface area contributed by atoms with E-state index in [2.05, 4.69) is 14.9 Å². The standard InChI is InChI=1S/C14H10NP/c15-10-12-8-4-5-9-13(12)14(16)11-6-2-1-3-7-11/h1-9,16H. The summed E-state index contributed by atoms with van der Waals surface area (Å²) in [5, 5.41) is 9.97. The normalized spacial score (nSPS) is 9.44. The summed E-state index contributed by atoms with van der Waals surface area (Å²) in [5.74, 6) is 0. The Labute approximate surface area is 97.2 Å². The third-order valence-electron chi connectivity index (χ3n) is 2.38. The molecule has 0 amide bonds. The van der Waals surface area contributed by atoms with E-state index in [-0.39, 0.29) is 0 Å². The zero-order chi connectivity index (χ0) is 11.4. The molecule has 2 aromatic carbocycles. The monoisotopic (exact) mass is 223 g/mol. The van der Waals surface area contributed by atoms with Crippen molar-refractivity contribution < 1.29 is 0 Å². The molecule has 0 aliphatic heterocycles. The smallest absolute Gasteiger partial charge is 0.0998 e. The van der Waals surface area contributed by atoms with E-state index in [9.17, 15) is 0 Å². The van der Waals surface area contributed by atoms with Gasteiger partial charge >= 0.3 is 0 Å². The SMILES string of the molecule is N#Cc1ccccc1C(=P)c1ccccc1. The third kappa shape index (κ3) is 2.03. The van der Waals surface area contributed by atoms with E-state index in [4.69, 9.17) is 5.26 Å². The minimum atomic E-state index is 0.677. The van der Waals surface area contributed by atoms with Crippen LogP contribution in [0.3, 0.4) is 0 Å². The van der Waals surface area contributed by atoms with Crippen molar-refractivity contribution in [1.82, 2.24) is 0 Å². The molecule has 0 heterocycles. The van der Waals surface area contributed by atoms with Crippen LogP contribution >= 0.6 is 8.86 Å². The van der Waals surface area contributed by atoms with E-state index in [0.29, 0.717) is 5.56 Å². The van der Waals surface area contributed by atoms with Gasteiger partial charge in [-0.25, -0.2) is 0 Å². The average Bonchev–Trinajstić information content (AvgIpc) is 2.39. The molecule has 2 rings (SSSR count). The van der Waals surface area contributed by atoms with E-state index in [1.165, 1.54) is 0 Å². The van der Waals surface area contributed by atoms with Gasteiger partial charge in [-0.1, -0.05) is 48.5 Å². The molecule has 76 valence electrons. The number of nitrogens with zero attached hydrogens (tertiary/aromatic N) is 1. The molecule has 0 aromatic heterocycles. The maximum absolute atomic E-state index is 9.03. The molecule has 0 saturated carbocycles. The van der Waals surface area contributed by atoms with Crippen LogP contribution in [0, 0.1) is 11.3 Å². The molecule has 0 aliphatic carbocycles. The molecule has 0 saturated heterocycles. The van der Waals surface area contributed by atoms with Crippen LogP contribution < -0.4 is 0 Å².